The van der Waals surface area contributed by atoms with E-state index in [4.69, 9.17) is 25.2 Å². The number of likely N-dealkylation sites (N-methyl/N-ethyl adjacent to an activating group) is 1. The van der Waals surface area contributed by atoms with E-state index in [1.807, 2.05) is 20.8 Å². The summed E-state index contributed by atoms with van der Waals surface area (Å²) in [4.78, 5) is 26.9. The van der Waals surface area contributed by atoms with Crippen LogP contribution in [0.15, 0.2) is 44.2 Å². The van der Waals surface area contributed by atoms with E-state index < -0.39 is 5.43 Å². The Morgan fingerprint density at radius 1 is 1.26 bits per heavy atom. The summed E-state index contributed by atoms with van der Waals surface area (Å²) in [5.74, 6) is 0.197. The largest absolute Gasteiger partial charge is 0.476 e. The fourth-order valence-corrected chi connectivity index (χ4v) is 2.96. The smallest absolute Gasteiger partial charge is 0.260 e. The molecule has 27 heavy (non-hydrogen) atoms. The number of halogens is 1. The lowest BCUT2D eigenvalue weighted by Crippen LogP contribution is -2.35. The molecule has 0 spiro atoms. The first kappa shape index (κ1) is 19.0. The summed E-state index contributed by atoms with van der Waals surface area (Å²) in [6.07, 6.45) is 1.47. The molecule has 6 nitrogen and oxygen atoms in total. The zero-order valence-electron chi connectivity index (χ0n) is 15.4. The summed E-state index contributed by atoms with van der Waals surface area (Å²) < 4.78 is 16.9. The van der Waals surface area contributed by atoms with Gasteiger partial charge >= 0.3 is 0 Å². The van der Waals surface area contributed by atoms with Crippen LogP contribution in [0.4, 0.5) is 0 Å². The molecule has 0 atom stereocenters. The van der Waals surface area contributed by atoms with E-state index in [9.17, 15) is 9.59 Å². The van der Waals surface area contributed by atoms with Gasteiger partial charge in [0.15, 0.2) is 12.4 Å². The van der Waals surface area contributed by atoms with Gasteiger partial charge in [-0.3, -0.25) is 9.59 Å². The maximum atomic E-state index is 13.0. The number of fused-ring (bicyclic) bond motifs is 1. The number of carbonyl (C=O) groups excluding carboxylic acids is 1. The molecule has 0 aliphatic rings. The van der Waals surface area contributed by atoms with E-state index in [0.29, 0.717) is 29.5 Å². The van der Waals surface area contributed by atoms with Crippen LogP contribution in [0.25, 0.3) is 22.5 Å². The maximum Gasteiger partial charge on any atom is 0.260 e. The topological polar surface area (TPSA) is 72.9 Å². The van der Waals surface area contributed by atoms with Gasteiger partial charge in [-0.15, -0.1) is 0 Å². The number of benzene rings is 1. The molecule has 0 radical (unpaired) electrons. The Bertz CT molecular complexity index is 1020. The number of rotatable bonds is 6. The first-order valence-electron chi connectivity index (χ1n) is 8.67. The van der Waals surface area contributed by atoms with E-state index in [0.717, 1.165) is 5.56 Å². The summed E-state index contributed by atoms with van der Waals surface area (Å²) in [6.45, 7) is 6.43. The van der Waals surface area contributed by atoms with Crippen molar-refractivity contribution in [1.29, 1.82) is 0 Å². The fourth-order valence-electron chi connectivity index (χ4n) is 2.80. The first-order chi connectivity index (χ1) is 13.0. The minimum Gasteiger partial charge on any atom is -0.476 e. The van der Waals surface area contributed by atoms with Crippen molar-refractivity contribution in [3.63, 3.8) is 0 Å². The van der Waals surface area contributed by atoms with Crippen molar-refractivity contribution < 1.29 is 18.4 Å². The molecule has 2 heterocycles. The van der Waals surface area contributed by atoms with Gasteiger partial charge in [-0.25, -0.2) is 0 Å². The molecular formula is C20H20ClNO5. The van der Waals surface area contributed by atoms with Crippen molar-refractivity contribution in [3.8, 4) is 17.3 Å². The second kappa shape index (κ2) is 7.88. The zero-order chi connectivity index (χ0) is 19.6. The minimum atomic E-state index is -0.406. The van der Waals surface area contributed by atoms with Crippen LogP contribution in [0, 0.1) is 6.92 Å². The SMILES string of the molecule is CCN(CC)C(=O)COc1c(-c2ccco2)oc2cc(C)c(Cl)cc2c1=O. The van der Waals surface area contributed by atoms with Crippen LogP contribution >= 0.6 is 11.6 Å². The molecule has 0 N–H and O–H groups in total. The predicted octanol–water partition coefficient (Wildman–Crippen LogP) is 4.26. The van der Waals surface area contributed by atoms with Crippen molar-refractivity contribution in [2.24, 2.45) is 0 Å². The Morgan fingerprint density at radius 2 is 2.00 bits per heavy atom. The lowest BCUT2D eigenvalue weighted by molar-refractivity contribution is -0.132. The van der Waals surface area contributed by atoms with Crippen LogP contribution in [-0.2, 0) is 4.79 Å². The van der Waals surface area contributed by atoms with Gasteiger partial charge in [0.1, 0.15) is 5.58 Å². The molecule has 1 aromatic carbocycles. The Hall–Kier alpha value is -2.73. The number of hydrogen-bond acceptors (Lipinski definition) is 5. The average molecular weight is 390 g/mol. The predicted molar refractivity (Wildman–Crippen MR) is 103 cm³/mol. The monoisotopic (exact) mass is 389 g/mol. The Morgan fingerprint density at radius 3 is 2.63 bits per heavy atom. The number of carbonyl (C=O) groups is 1. The second-order valence-electron chi connectivity index (χ2n) is 6.02. The Kier molecular flexibility index (Phi) is 5.56. The standard InChI is InChI=1S/C20H20ClNO5/c1-4-22(5-2)17(23)11-26-20-18(24)13-10-14(21)12(3)9-16(13)27-19(20)15-7-6-8-25-15/h6-10H,4-5,11H2,1-3H3. The third kappa shape index (κ3) is 3.71. The normalized spacial score (nSPS) is 11.0. The number of hydrogen-bond donors (Lipinski definition) is 0. The highest BCUT2D eigenvalue weighted by Gasteiger charge is 2.22. The molecule has 0 aliphatic carbocycles. The molecule has 0 unspecified atom stereocenters. The van der Waals surface area contributed by atoms with E-state index in [2.05, 4.69) is 0 Å². The van der Waals surface area contributed by atoms with Gasteiger partial charge in [0.25, 0.3) is 5.91 Å². The zero-order valence-corrected chi connectivity index (χ0v) is 16.1. The molecule has 0 aliphatic heterocycles. The number of nitrogens with zero attached hydrogens (tertiary/aromatic N) is 1. The van der Waals surface area contributed by atoms with Gasteiger partial charge in [0.05, 0.1) is 11.6 Å². The fraction of sp³-hybridized carbons (Fsp3) is 0.300. The molecule has 0 fully saturated rings. The van der Waals surface area contributed by atoms with Crippen LogP contribution in [0.5, 0.6) is 5.75 Å². The number of furan rings is 1. The summed E-state index contributed by atoms with van der Waals surface area (Å²) in [5, 5.41) is 0.733. The lowest BCUT2D eigenvalue weighted by Gasteiger charge is -2.19. The van der Waals surface area contributed by atoms with Crippen LogP contribution < -0.4 is 10.2 Å². The van der Waals surface area contributed by atoms with E-state index in [1.165, 1.54) is 6.26 Å². The molecule has 0 saturated heterocycles. The molecule has 0 bridgehead atoms. The van der Waals surface area contributed by atoms with Crippen molar-refractivity contribution in [2.75, 3.05) is 19.7 Å². The molecule has 3 aromatic rings. The highest BCUT2D eigenvalue weighted by molar-refractivity contribution is 6.32. The molecule has 3 rings (SSSR count). The number of aryl methyl sites for hydroxylation is 1. The number of ether oxygens (including phenoxy) is 1. The minimum absolute atomic E-state index is 0.0714. The average Bonchev–Trinajstić information content (AvgIpc) is 3.18. The van der Waals surface area contributed by atoms with E-state index in [-0.39, 0.29) is 29.4 Å². The molecule has 142 valence electrons. The molecular weight excluding hydrogens is 370 g/mol. The highest BCUT2D eigenvalue weighted by Crippen LogP contribution is 2.33. The summed E-state index contributed by atoms with van der Waals surface area (Å²) >= 11 is 6.16. The van der Waals surface area contributed by atoms with Gasteiger partial charge in [-0.05, 0) is 50.6 Å². The Balaban J connectivity index is 2.10. The van der Waals surface area contributed by atoms with E-state index in [1.54, 1.807) is 29.2 Å². The van der Waals surface area contributed by atoms with Crippen molar-refractivity contribution in [2.45, 2.75) is 20.8 Å². The van der Waals surface area contributed by atoms with Crippen LogP contribution in [0.2, 0.25) is 5.02 Å². The van der Waals surface area contributed by atoms with Gasteiger partial charge < -0.3 is 18.5 Å². The van der Waals surface area contributed by atoms with Crippen LogP contribution in [0.3, 0.4) is 0 Å². The van der Waals surface area contributed by atoms with Gasteiger partial charge in [-0.2, -0.15) is 0 Å². The third-order valence-corrected chi connectivity index (χ3v) is 4.74. The molecule has 7 heteroatoms. The second-order valence-corrected chi connectivity index (χ2v) is 6.43. The third-order valence-electron chi connectivity index (χ3n) is 4.33. The van der Waals surface area contributed by atoms with Gasteiger partial charge in [0, 0.05) is 18.1 Å². The van der Waals surface area contributed by atoms with Crippen LogP contribution in [0.1, 0.15) is 19.4 Å². The maximum absolute atomic E-state index is 13.0. The Labute approximate surface area is 161 Å². The van der Waals surface area contributed by atoms with Gasteiger partial charge in [-0.1, -0.05) is 11.6 Å². The highest BCUT2D eigenvalue weighted by atomic mass is 35.5. The molecule has 0 saturated carbocycles. The molecule has 1 amide bonds. The summed E-state index contributed by atoms with van der Waals surface area (Å²) in [6, 6.07) is 6.57. The van der Waals surface area contributed by atoms with Crippen LogP contribution in [-0.4, -0.2) is 30.5 Å². The van der Waals surface area contributed by atoms with E-state index >= 15 is 0 Å². The molecule has 2 aromatic heterocycles. The van der Waals surface area contributed by atoms with Crippen molar-refractivity contribution in [3.05, 3.63) is 51.3 Å². The quantitative estimate of drug-likeness (QED) is 0.629. The van der Waals surface area contributed by atoms with Crippen molar-refractivity contribution >= 4 is 28.5 Å². The van der Waals surface area contributed by atoms with Crippen molar-refractivity contribution in [1.82, 2.24) is 4.90 Å². The lowest BCUT2D eigenvalue weighted by atomic mass is 10.1. The summed E-state index contributed by atoms with van der Waals surface area (Å²) in [7, 11) is 0. The number of amides is 1. The first-order valence-corrected chi connectivity index (χ1v) is 9.05. The summed E-state index contributed by atoms with van der Waals surface area (Å²) in [5.41, 5.74) is 0.746. The van der Waals surface area contributed by atoms with Gasteiger partial charge in [0.2, 0.25) is 16.9 Å².